The van der Waals surface area contributed by atoms with Gasteiger partial charge in [0.15, 0.2) is 11.8 Å². The summed E-state index contributed by atoms with van der Waals surface area (Å²) >= 11 is 5.16. The first kappa shape index (κ1) is 26.6. The number of aromatic hydroxyl groups is 2. The molecule has 0 unspecified atom stereocenters. The maximum absolute atomic E-state index is 12.7. The molecule has 192 valence electrons. The fraction of sp³-hybridized carbons (Fsp3) is 0.615. The highest BCUT2D eigenvalue weighted by molar-refractivity contribution is 8.00. The second-order valence-corrected chi connectivity index (χ2v) is 14.1. The molecule has 4 rings (SSSR count). The number of hydrogen-bond acceptors (Lipinski definition) is 7. The Bertz CT molecular complexity index is 1120. The Morgan fingerprint density at radius 2 is 1.20 bits per heavy atom. The summed E-state index contributed by atoms with van der Waals surface area (Å²) in [5.74, 6) is 4.06. The Kier molecular flexibility index (Phi) is 7.98. The molecule has 0 fully saturated rings. The quantitative estimate of drug-likeness (QED) is 0.405. The van der Waals surface area contributed by atoms with Crippen LogP contribution in [0.3, 0.4) is 0 Å². The van der Waals surface area contributed by atoms with E-state index in [0.717, 1.165) is 82.5 Å². The number of pyridine rings is 2. The fourth-order valence-corrected chi connectivity index (χ4v) is 8.25. The Morgan fingerprint density at radius 3 is 1.60 bits per heavy atom. The number of fused-ring (bicyclic) bond motifs is 2. The molecule has 4 heterocycles. The van der Waals surface area contributed by atoms with Crippen LogP contribution in [0.25, 0.3) is 0 Å². The van der Waals surface area contributed by atoms with Crippen molar-refractivity contribution in [2.75, 3.05) is 23.0 Å². The Hall–Kier alpha value is -1.45. The van der Waals surface area contributed by atoms with Gasteiger partial charge in [-0.2, -0.15) is 11.8 Å². The number of thioether (sulfide) groups is 3. The average Bonchev–Trinajstić information content (AvgIpc) is 3.42. The van der Waals surface area contributed by atoms with Crippen LogP contribution in [0.15, 0.2) is 31.5 Å². The lowest BCUT2D eigenvalue weighted by Gasteiger charge is -2.30. The van der Waals surface area contributed by atoms with Crippen LogP contribution in [-0.2, 0) is 23.9 Å². The van der Waals surface area contributed by atoms with E-state index < -0.39 is 11.1 Å². The van der Waals surface area contributed by atoms with Gasteiger partial charge in [0, 0.05) is 55.6 Å². The fourth-order valence-electron chi connectivity index (χ4n) is 5.19. The minimum atomic E-state index is -0.448. The summed E-state index contributed by atoms with van der Waals surface area (Å²) in [5.41, 5.74) is 0.671. The highest BCUT2D eigenvalue weighted by Gasteiger charge is 2.30. The van der Waals surface area contributed by atoms with Crippen LogP contribution in [0, 0.1) is 0 Å². The van der Waals surface area contributed by atoms with E-state index in [4.69, 9.17) is 0 Å². The second-order valence-electron chi connectivity index (χ2n) is 10.6. The zero-order chi connectivity index (χ0) is 25.4. The number of aromatic nitrogens is 2. The first-order chi connectivity index (χ1) is 16.5. The minimum absolute atomic E-state index is 0.126. The van der Waals surface area contributed by atoms with Crippen LogP contribution >= 0.6 is 35.3 Å². The molecule has 2 aliphatic rings. The zero-order valence-corrected chi connectivity index (χ0v) is 23.5. The summed E-state index contributed by atoms with van der Waals surface area (Å²) in [6.07, 6.45) is 5.12. The standard InChI is InChI=1S/C26H36N2O4S3/c1-25(2,27-21(29)15-19-17(23(27)31)7-13-34-19)9-5-11-33-12-6-10-26(3,4)28-22(30)16-20-18(24(28)32)8-14-35-20/h15-16,31-32H,5-14H2,1-4H3. The molecule has 0 saturated carbocycles. The molecule has 6 nitrogen and oxygen atoms in total. The summed E-state index contributed by atoms with van der Waals surface area (Å²) in [7, 11) is 0. The molecule has 2 aromatic rings. The first-order valence-electron chi connectivity index (χ1n) is 12.3. The number of rotatable bonds is 10. The highest BCUT2D eigenvalue weighted by Crippen LogP contribution is 2.39. The van der Waals surface area contributed by atoms with E-state index in [2.05, 4.69) is 0 Å². The van der Waals surface area contributed by atoms with Gasteiger partial charge in [0.1, 0.15) is 0 Å². The molecular formula is C26H36N2O4S3. The predicted octanol–water partition coefficient (Wildman–Crippen LogP) is 5.18. The normalized spacial score (nSPS) is 15.4. The zero-order valence-electron chi connectivity index (χ0n) is 21.1. The largest absolute Gasteiger partial charge is 0.494 e. The molecule has 2 aromatic heterocycles. The van der Waals surface area contributed by atoms with E-state index in [1.807, 2.05) is 39.5 Å². The van der Waals surface area contributed by atoms with Crippen molar-refractivity contribution < 1.29 is 10.2 Å². The highest BCUT2D eigenvalue weighted by atomic mass is 32.2. The van der Waals surface area contributed by atoms with Crippen molar-refractivity contribution in [1.29, 1.82) is 0 Å². The van der Waals surface area contributed by atoms with Gasteiger partial charge in [0.25, 0.3) is 11.1 Å². The lowest BCUT2D eigenvalue weighted by Crippen LogP contribution is -2.36. The van der Waals surface area contributed by atoms with Crippen molar-refractivity contribution in [1.82, 2.24) is 9.13 Å². The molecule has 0 spiro atoms. The maximum atomic E-state index is 12.7. The van der Waals surface area contributed by atoms with Crippen molar-refractivity contribution in [3.63, 3.8) is 0 Å². The molecule has 2 N–H and O–H groups in total. The molecule has 0 amide bonds. The lowest BCUT2D eigenvalue weighted by atomic mass is 9.97. The predicted molar refractivity (Wildman–Crippen MR) is 148 cm³/mol. The van der Waals surface area contributed by atoms with E-state index in [-0.39, 0.29) is 22.9 Å². The van der Waals surface area contributed by atoms with Crippen molar-refractivity contribution in [2.24, 2.45) is 0 Å². The molecule has 0 aliphatic carbocycles. The average molecular weight is 537 g/mol. The SMILES string of the molecule is CC(C)(CCCSCCCC(C)(C)n1c(O)c2c(cc1=O)SCC2)n1c(O)c2c(cc1=O)SCC2. The minimum Gasteiger partial charge on any atom is -0.494 e. The topological polar surface area (TPSA) is 84.5 Å². The van der Waals surface area contributed by atoms with Crippen LogP contribution in [0.4, 0.5) is 0 Å². The summed E-state index contributed by atoms with van der Waals surface area (Å²) in [6.45, 7) is 8.09. The molecule has 0 bridgehead atoms. The van der Waals surface area contributed by atoms with E-state index in [1.165, 1.54) is 0 Å². The van der Waals surface area contributed by atoms with Gasteiger partial charge in [-0.05, 0) is 77.7 Å². The van der Waals surface area contributed by atoms with E-state index in [9.17, 15) is 19.8 Å². The Morgan fingerprint density at radius 1 is 0.800 bits per heavy atom. The Labute approximate surface area is 219 Å². The van der Waals surface area contributed by atoms with Crippen LogP contribution < -0.4 is 11.1 Å². The van der Waals surface area contributed by atoms with Gasteiger partial charge < -0.3 is 10.2 Å². The van der Waals surface area contributed by atoms with Gasteiger partial charge in [0.2, 0.25) is 0 Å². The molecule has 0 atom stereocenters. The van der Waals surface area contributed by atoms with Crippen LogP contribution in [0.2, 0.25) is 0 Å². The van der Waals surface area contributed by atoms with E-state index in [1.54, 1.807) is 44.8 Å². The smallest absolute Gasteiger partial charge is 0.254 e. The van der Waals surface area contributed by atoms with Crippen molar-refractivity contribution >= 4 is 35.3 Å². The van der Waals surface area contributed by atoms with Crippen LogP contribution in [0.1, 0.15) is 64.5 Å². The molecule has 35 heavy (non-hydrogen) atoms. The summed E-state index contributed by atoms with van der Waals surface area (Å²) in [4.78, 5) is 27.2. The first-order valence-corrected chi connectivity index (χ1v) is 15.5. The number of nitrogens with zero attached hydrogens (tertiary/aromatic N) is 2. The van der Waals surface area contributed by atoms with Crippen LogP contribution in [0.5, 0.6) is 11.8 Å². The third-order valence-corrected chi connectivity index (χ3v) is 10.4. The van der Waals surface area contributed by atoms with Gasteiger partial charge >= 0.3 is 0 Å². The maximum Gasteiger partial charge on any atom is 0.254 e. The molecule has 2 aliphatic heterocycles. The lowest BCUT2D eigenvalue weighted by molar-refractivity contribution is 0.267. The number of hydrogen-bond donors (Lipinski definition) is 2. The van der Waals surface area contributed by atoms with E-state index >= 15 is 0 Å². The van der Waals surface area contributed by atoms with Gasteiger partial charge in [-0.1, -0.05) is 0 Å². The van der Waals surface area contributed by atoms with Crippen molar-refractivity contribution in [3.8, 4) is 11.8 Å². The van der Waals surface area contributed by atoms with Crippen LogP contribution in [-0.4, -0.2) is 42.4 Å². The molecule has 9 heteroatoms. The third-order valence-electron chi connectivity index (χ3n) is 7.09. The molecule has 0 aromatic carbocycles. The third kappa shape index (κ3) is 5.47. The van der Waals surface area contributed by atoms with Gasteiger partial charge in [0.05, 0.1) is 0 Å². The summed E-state index contributed by atoms with van der Waals surface area (Å²) in [5, 5.41) is 21.5. The van der Waals surface area contributed by atoms with Gasteiger partial charge in [-0.3, -0.25) is 18.7 Å². The second kappa shape index (κ2) is 10.5. The molecule has 0 saturated heterocycles. The summed E-state index contributed by atoms with van der Waals surface area (Å²) in [6, 6.07) is 3.35. The van der Waals surface area contributed by atoms with Crippen molar-refractivity contribution in [3.05, 3.63) is 44.0 Å². The Balaban J connectivity index is 1.26. The van der Waals surface area contributed by atoms with Gasteiger partial charge in [-0.25, -0.2) is 0 Å². The summed E-state index contributed by atoms with van der Waals surface area (Å²) < 4.78 is 3.15. The molecular weight excluding hydrogens is 500 g/mol. The molecule has 0 radical (unpaired) electrons. The van der Waals surface area contributed by atoms with Gasteiger partial charge in [-0.15, -0.1) is 23.5 Å². The van der Waals surface area contributed by atoms with Crippen molar-refractivity contribution in [2.45, 2.75) is 87.1 Å². The van der Waals surface area contributed by atoms with E-state index in [0.29, 0.717) is 0 Å². The monoisotopic (exact) mass is 536 g/mol.